The molecule has 0 radical (unpaired) electrons. The Labute approximate surface area is 134 Å². The predicted molar refractivity (Wildman–Crippen MR) is 88.4 cm³/mol. The van der Waals surface area contributed by atoms with Crippen molar-refractivity contribution in [2.24, 2.45) is 0 Å². The van der Waals surface area contributed by atoms with Gasteiger partial charge < -0.3 is 5.11 Å². The van der Waals surface area contributed by atoms with Crippen LogP contribution in [0.1, 0.15) is 16.7 Å². The molecule has 0 aliphatic carbocycles. The Balaban J connectivity index is 2.15. The predicted octanol–water partition coefficient (Wildman–Crippen LogP) is 4.74. The lowest BCUT2D eigenvalue weighted by Gasteiger charge is -2.14. The maximum Gasteiger partial charge on any atom is 0.317 e. The van der Waals surface area contributed by atoms with Crippen LogP contribution in [0.2, 0.25) is 5.02 Å². The van der Waals surface area contributed by atoms with Crippen LogP contribution in [0.5, 0.6) is 0 Å². The van der Waals surface area contributed by atoms with Gasteiger partial charge in [-0.3, -0.25) is 4.79 Å². The second-order valence-corrected chi connectivity index (χ2v) is 6.75. The minimum Gasteiger partial charge on any atom is -0.480 e. The molecule has 0 aliphatic heterocycles. The van der Waals surface area contributed by atoms with Gasteiger partial charge in [0, 0.05) is 9.92 Å². The summed E-state index contributed by atoms with van der Waals surface area (Å²) in [6.07, 6.45) is 0.509. The quantitative estimate of drug-likeness (QED) is 0.808. The van der Waals surface area contributed by atoms with Gasteiger partial charge in [-0.15, -0.1) is 11.8 Å². The number of benzene rings is 2. The monoisotopic (exact) mass is 320 g/mol. The third-order valence-electron chi connectivity index (χ3n) is 3.27. The molecule has 1 unspecified atom stereocenters. The van der Waals surface area contributed by atoms with Crippen LogP contribution in [0.3, 0.4) is 0 Å². The molecule has 0 fully saturated rings. The van der Waals surface area contributed by atoms with Crippen molar-refractivity contribution in [1.82, 2.24) is 0 Å². The van der Waals surface area contributed by atoms with E-state index in [0.29, 0.717) is 11.4 Å². The lowest BCUT2D eigenvalue weighted by Crippen LogP contribution is -2.19. The number of aliphatic carboxylic acids is 1. The number of hydrogen-bond donors (Lipinski definition) is 1. The minimum atomic E-state index is -0.796. The molecule has 1 N–H and O–H groups in total. The standard InChI is InChI=1S/C17H17ClO2S/c1-11-3-4-13(12(2)9-11)10-16(17(19)20)21-15-7-5-14(18)6-8-15/h3-9,16H,10H2,1-2H3,(H,19,20). The van der Waals surface area contributed by atoms with Gasteiger partial charge in [-0.25, -0.2) is 0 Å². The van der Waals surface area contributed by atoms with E-state index in [2.05, 4.69) is 6.07 Å². The highest BCUT2D eigenvalue weighted by Gasteiger charge is 2.20. The van der Waals surface area contributed by atoms with Crippen molar-refractivity contribution in [3.8, 4) is 0 Å². The van der Waals surface area contributed by atoms with E-state index in [1.807, 2.05) is 38.1 Å². The fraction of sp³-hybridized carbons (Fsp3) is 0.235. The summed E-state index contributed by atoms with van der Waals surface area (Å²) < 4.78 is 0. The van der Waals surface area contributed by atoms with Gasteiger partial charge in [-0.05, 0) is 55.7 Å². The van der Waals surface area contributed by atoms with Crippen molar-refractivity contribution >= 4 is 29.3 Å². The molecule has 0 bridgehead atoms. The molecule has 0 amide bonds. The van der Waals surface area contributed by atoms with Crippen molar-refractivity contribution in [2.75, 3.05) is 0 Å². The lowest BCUT2D eigenvalue weighted by atomic mass is 10.0. The Morgan fingerprint density at radius 1 is 1.19 bits per heavy atom. The van der Waals surface area contributed by atoms with Gasteiger partial charge in [-0.2, -0.15) is 0 Å². The van der Waals surface area contributed by atoms with Crippen LogP contribution >= 0.6 is 23.4 Å². The Hall–Kier alpha value is -1.45. The minimum absolute atomic E-state index is 0.507. The fourth-order valence-corrected chi connectivity index (χ4v) is 3.24. The smallest absolute Gasteiger partial charge is 0.317 e. The summed E-state index contributed by atoms with van der Waals surface area (Å²) >= 11 is 7.21. The van der Waals surface area contributed by atoms with Crippen LogP contribution in [-0.2, 0) is 11.2 Å². The van der Waals surface area contributed by atoms with Crippen molar-refractivity contribution in [3.63, 3.8) is 0 Å². The second-order valence-electron chi connectivity index (χ2n) is 5.03. The van der Waals surface area contributed by atoms with Crippen LogP contribution in [-0.4, -0.2) is 16.3 Å². The Morgan fingerprint density at radius 3 is 2.43 bits per heavy atom. The first-order chi connectivity index (χ1) is 9.95. The summed E-state index contributed by atoms with van der Waals surface area (Å²) in [6.45, 7) is 4.06. The number of aryl methyl sites for hydroxylation is 2. The SMILES string of the molecule is Cc1ccc(CC(Sc2ccc(Cl)cc2)C(=O)O)c(C)c1. The summed E-state index contributed by atoms with van der Waals surface area (Å²) in [5.41, 5.74) is 3.40. The summed E-state index contributed by atoms with van der Waals surface area (Å²) in [5.74, 6) is -0.796. The average Bonchev–Trinajstić information content (AvgIpc) is 2.43. The lowest BCUT2D eigenvalue weighted by molar-refractivity contribution is -0.136. The number of halogens is 1. The van der Waals surface area contributed by atoms with Crippen molar-refractivity contribution in [2.45, 2.75) is 30.4 Å². The zero-order chi connectivity index (χ0) is 15.4. The van der Waals surface area contributed by atoms with Gasteiger partial charge in [0.15, 0.2) is 0 Å². The molecule has 0 spiro atoms. The largest absolute Gasteiger partial charge is 0.480 e. The molecule has 2 aromatic carbocycles. The normalized spacial score (nSPS) is 12.1. The molecule has 21 heavy (non-hydrogen) atoms. The number of hydrogen-bond acceptors (Lipinski definition) is 2. The van der Waals surface area contributed by atoms with Crippen LogP contribution in [0.15, 0.2) is 47.4 Å². The molecule has 2 nitrogen and oxygen atoms in total. The van der Waals surface area contributed by atoms with E-state index in [4.69, 9.17) is 11.6 Å². The summed E-state index contributed by atoms with van der Waals surface area (Å²) in [6, 6.07) is 13.4. The molecule has 110 valence electrons. The molecule has 0 aromatic heterocycles. The first-order valence-electron chi connectivity index (χ1n) is 6.67. The molecule has 0 saturated carbocycles. The van der Waals surface area contributed by atoms with Crippen molar-refractivity contribution in [1.29, 1.82) is 0 Å². The van der Waals surface area contributed by atoms with E-state index in [0.717, 1.165) is 16.0 Å². The second kappa shape index (κ2) is 7.01. The number of thioether (sulfide) groups is 1. The Kier molecular flexibility index (Phi) is 5.32. The number of carbonyl (C=O) groups is 1. The van der Waals surface area contributed by atoms with Crippen LogP contribution in [0.25, 0.3) is 0 Å². The highest BCUT2D eigenvalue weighted by atomic mass is 35.5. The van der Waals surface area contributed by atoms with Gasteiger partial charge in [0.25, 0.3) is 0 Å². The third kappa shape index (κ3) is 4.51. The molecule has 0 aliphatic rings. The fourth-order valence-electron chi connectivity index (χ4n) is 2.13. The van der Waals surface area contributed by atoms with Gasteiger partial charge in [-0.1, -0.05) is 35.4 Å². The molecular weight excluding hydrogens is 304 g/mol. The molecular formula is C17H17ClO2S. The highest BCUT2D eigenvalue weighted by Crippen LogP contribution is 2.28. The summed E-state index contributed by atoms with van der Waals surface area (Å²) in [5, 5.41) is 9.60. The van der Waals surface area contributed by atoms with Crippen LogP contribution in [0, 0.1) is 13.8 Å². The summed E-state index contributed by atoms with van der Waals surface area (Å²) in [7, 11) is 0. The maximum absolute atomic E-state index is 11.5. The van der Waals surface area contributed by atoms with Crippen LogP contribution in [0.4, 0.5) is 0 Å². The molecule has 2 aromatic rings. The number of rotatable bonds is 5. The highest BCUT2D eigenvalue weighted by molar-refractivity contribution is 8.00. The first-order valence-corrected chi connectivity index (χ1v) is 7.92. The molecule has 0 saturated heterocycles. The maximum atomic E-state index is 11.5. The van der Waals surface area contributed by atoms with Crippen molar-refractivity contribution < 1.29 is 9.90 Å². The molecule has 1 atom stereocenters. The van der Waals surface area contributed by atoms with Crippen molar-refractivity contribution in [3.05, 3.63) is 64.2 Å². The topological polar surface area (TPSA) is 37.3 Å². The van der Waals surface area contributed by atoms with Gasteiger partial charge in [0.05, 0.1) is 0 Å². The van der Waals surface area contributed by atoms with Gasteiger partial charge in [0.1, 0.15) is 5.25 Å². The van der Waals surface area contributed by atoms with E-state index >= 15 is 0 Å². The van der Waals surface area contributed by atoms with E-state index in [-0.39, 0.29) is 0 Å². The molecule has 4 heteroatoms. The van der Waals surface area contributed by atoms with Crippen LogP contribution < -0.4 is 0 Å². The third-order valence-corrected chi connectivity index (χ3v) is 4.72. The zero-order valence-corrected chi connectivity index (χ0v) is 13.5. The van der Waals surface area contributed by atoms with E-state index in [1.165, 1.54) is 17.3 Å². The zero-order valence-electron chi connectivity index (χ0n) is 12.0. The van der Waals surface area contributed by atoms with Gasteiger partial charge >= 0.3 is 5.97 Å². The van der Waals surface area contributed by atoms with E-state index in [9.17, 15) is 9.90 Å². The average molecular weight is 321 g/mol. The molecule has 0 heterocycles. The molecule has 2 rings (SSSR count). The van der Waals surface area contributed by atoms with Gasteiger partial charge in [0.2, 0.25) is 0 Å². The Bertz CT molecular complexity index is 638. The first kappa shape index (κ1) is 15.9. The number of carboxylic acid groups (broad SMARTS) is 1. The summed E-state index contributed by atoms with van der Waals surface area (Å²) in [4.78, 5) is 12.4. The Morgan fingerprint density at radius 2 is 1.86 bits per heavy atom. The van der Waals surface area contributed by atoms with E-state index in [1.54, 1.807) is 12.1 Å². The number of carboxylic acids is 1. The van der Waals surface area contributed by atoms with E-state index < -0.39 is 11.2 Å².